The Balaban J connectivity index is 3.07. The lowest BCUT2D eigenvalue weighted by Gasteiger charge is -2.12. The molecule has 1 heterocycles. The Morgan fingerprint density at radius 1 is 1.53 bits per heavy atom. The number of aromatic nitrogens is 1. The van der Waals surface area contributed by atoms with Gasteiger partial charge in [-0.15, -0.1) is 24.8 Å². The predicted molar refractivity (Wildman–Crippen MR) is 57.9 cm³/mol. The molecular formula is C8H6ClF3INO. The molecule has 0 aliphatic rings. The van der Waals surface area contributed by atoms with E-state index in [2.05, 4.69) is 9.72 Å². The fourth-order valence-corrected chi connectivity index (χ4v) is 1.76. The minimum Gasteiger partial charge on any atom is -0.403 e. The molecule has 0 radical (unpaired) electrons. The van der Waals surface area contributed by atoms with Crippen molar-refractivity contribution in [3.63, 3.8) is 0 Å². The first-order chi connectivity index (χ1) is 6.85. The van der Waals surface area contributed by atoms with Crippen molar-refractivity contribution in [3.05, 3.63) is 21.0 Å². The summed E-state index contributed by atoms with van der Waals surface area (Å²) in [7, 11) is 0. The zero-order valence-electron chi connectivity index (χ0n) is 7.53. The Morgan fingerprint density at radius 3 is 2.60 bits per heavy atom. The van der Waals surface area contributed by atoms with Gasteiger partial charge < -0.3 is 4.74 Å². The third kappa shape index (κ3) is 3.37. The molecule has 0 unspecified atom stereocenters. The van der Waals surface area contributed by atoms with Crippen LogP contribution in [0.3, 0.4) is 0 Å². The van der Waals surface area contributed by atoms with E-state index in [1.165, 1.54) is 0 Å². The summed E-state index contributed by atoms with van der Waals surface area (Å²) >= 11 is 7.33. The zero-order chi connectivity index (χ0) is 11.6. The standard InChI is InChI=1S/C8H6ClF3INO/c1-4-5(2-9)14-3-6(7(4)13)15-8(10,11)12/h3H,2H2,1H3. The molecule has 15 heavy (non-hydrogen) atoms. The molecule has 0 saturated carbocycles. The lowest BCUT2D eigenvalue weighted by molar-refractivity contribution is -0.275. The number of alkyl halides is 4. The van der Waals surface area contributed by atoms with Gasteiger partial charge in [0.2, 0.25) is 0 Å². The summed E-state index contributed by atoms with van der Waals surface area (Å²) in [5.74, 6) is -0.136. The van der Waals surface area contributed by atoms with Gasteiger partial charge in [-0.25, -0.2) is 0 Å². The van der Waals surface area contributed by atoms with Crippen molar-refractivity contribution in [2.75, 3.05) is 0 Å². The summed E-state index contributed by atoms with van der Waals surface area (Å²) in [6.45, 7) is 1.65. The molecule has 1 rings (SSSR count). The van der Waals surface area contributed by atoms with E-state index >= 15 is 0 Å². The molecule has 2 nitrogen and oxygen atoms in total. The highest BCUT2D eigenvalue weighted by Gasteiger charge is 2.32. The molecule has 0 N–H and O–H groups in total. The highest BCUT2D eigenvalue weighted by atomic mass is 127. The number of hydrogen-bond donors (Lipinski definition) is 0. The lowest BCUT2D eigenvalue weighted by Crippen LogP contribution is -2.18. The second kappa shape index (κ2) is 4.73. The van der Waals surface area contributed by atoms with Crippen molar-refractivity contribution < 1.29 is 17.9 Å². The van der Waals surface area contributed by atoms with Gasteiger partial charge in [0.05, 0.1) is 21.3 Å². The Kier molecular flexibility index (Phi) is 4.05. The Labute approximate surface area is 103 Å². The highest BCUT2D eigenvalue weighted by molar-refractivity contribution is 14.1. The summed E-state index contributed by atoms with van der Waals surface area (Å²) in [5.41, 5.74) is 1.16. The van der Waals surface area contributed by atoms with Gasteiger partial charge in [-0.3, -0.25) is 4.98 Å². The first-order valence-corrected chi connectivity index (χ1v) is 5.42. The van der Waals surface area contributed by atoms with E-state index in [0.717, 1.165) is 6.20 Å². The van der Waals surface area contributed by atoms with Crippen LogP contribution < -0.4 is 4.74 Å². The van der Waals surface area contributed by atoms with Crippen LogP contribution in [0.25, 0.3) is 0 Å². The molecule has 0 spiro atoms. The van der Waals surface area contributed by atoms with Crippen LogP contribution in [-0.2, 0) is 5.88 Å². The summed E-state index contributed by atoms with van der Waals surface area (Å²) in [5, 5.41) is 0. The molecule has 1 aromatic rings. The number of ether oxygens (including phenoxy) is 1. The Morgan fingerprint density at radius 2 is 2.13 bits per heavy atom. The number of halogens is 5. The van der Waals surface area contributed by atoms with Crippen molar-refractivity contribution in [1.29, 1.82) is 0 Å². The quantitative estimate of drug-likeness (QED) is 0.600. The largest absolute Gasteiger partial charge is 0.573 e. The van der Waals surface area contributed by atoms with Crippen LogP contribution in [-0.4, -0.2) is 11.3 Å². The maximum Gasteiger partial charge on any atom is 0.573 e. The molecule has 0 aliphatic carbocycles. The second-order valence-electron chi connectivity index (χ2n) is 2.69. The minimum atomic E-state index is -4.70. The van der Waals surface area contributed by atoms with Crippen LogP contribution in [0.5, 0.6) is 5.75 Å². The zero-order valence-corrected chi connectivity index (χ0v) is 10.4. The number of pyridine rings is 1. The highest BCUT2D eigenvalue weighted by Crippen LogP contribution is 2.30. The maximum absolute atomic E-state index is 12.0. The SMILES string of the molecule is Cc1c(CCl)ncc(OC(F)(F)F)c1I. The number of nitrogens with zero attached hydrogens (tertiary/aromatic N) is 1. The third-order valence-corrected chi connectivity index (χ3v) is 3.26. The number of rotatable bonds is 2. The van der Waals surface area contributed by atoms with Crippen LogP contribution in [0, 0.1) is 10.5 Å². The fourth-order valence-electron chi connectivity index (χ4n) is 0.932. The van der Waals surface area contributed by atoms with Gasteiger partial charge in [0, 0.05) is 0 Å². The van der Waals surface area contributed by atoms with Crippen LogP contribution in [0.2, 0.25) is 0 Å². The van der Waals surface area contributed by atoms with E-state index in [-0.39, 0.29) is 11.6 Å². The van der Waals surface area contributed by atoms with Crippen molar-refractivity contribution >= 4 is 34.2 Å². The van der Waals surface area contributed by atoms with Gasteiger partial charge in [0.1, 0.15) is 0 Å². The van der Waals surface area contributed by atoms with Crippen LogP contribution in [0.4, 0.5) is 13.2 Å². The average Bonchev–Trinajstić information content (AvgIpc) is 2.11. The van der Waals surface area contributed by atoms with E-state index in [9.17, 15) is 13.2 Å². The average molecular weight is 351 g/mol. The maximum atomic E-state index is 12.0. The van der Waals surface area contributed by atoms with Crippen molar-refractivity contribution in [1.82, 2.24) is 4.98 Å². The molecule has 0 amide bonds. The summed E-state index contributed by atoms with van der Waals surface area (Å²) < 4.78 is 40.0. The Hall–Kier alpha value is -0.240. The van der Waals surface area contributed by atoms with E-state index in [0.29, 0.717) is 14.8 Å². The van der Waals surface area contributed by atoms with Crippen molar-refractivity contribution in [2.24, 2.45) is 0 Å². The number of hydrogen-bond acceptors (Lipinski definition) is 2. The fraction of sp³-hybridized carbons (Fsp3) is 0.375. The van der Waals surface area contributed by atoms with E-state index in [1.807, 2.05) is 0 Å². The van der Waals surface area contributed by atoms with Crippen LogP contribution >= 0.6 is 34.2 Å². The van der Waals surface area contributed by atoms with Gasteiger partial charge in [-0.2, -0.15) is 0 Å². The normalized spacial score (nSPS) is 11.6. The molecule has 0 fully saturated rings. The van der Waals surface area contributed by atoms with E-state index < -0.39 is 6.36 Å². The monoisotopic (exact) mass is 351 g/mol. The predicted octanol–water partition coefficient (Wildman–Crippen LogP) is 3.63. The van der Waals surface area contributed by atoms with Crippen LogP contribution in [0.1, 0.15) is 11.3 Å². The topological polar surface area (TPSA) is 22.1 Å². The molecule has 0 aromatic carbocycles. The second-order valence-corrected chi connectivity index (χ2v) is 4.04. The van der Waals surface area contributed by atoms with Crippen molar-refractivity contribution in [2.45, 2.75) is 19.2 Å². The van der Waals surface area contributed by atoms with Gasteiger partial charge >= 0.3 is 6.36 Å². The molecule has 0 bridgehead atoms. The van der Waals surface area contributed by atoms with Gasteiger partial charge in [0.25, 0.3) is 0 Å². The third-order valence-electron chi connectivity index (χ3n) is 1.67. The van der Waals surface area contributed by atoms with Gasteiger partial charge in [-0.05, 0) is 35.1 Å². The molecular weight excluding hydrogens is 345 g/mol. The molecule has 0 saturated heterocycles. The molecule has 0 atom stereocenters. The molecule has 7 heteroatoms. The van der Waals surface area contributed by atoms with Gasteiger partial charge in [0.15, 0.2) is 5.75 Å². The van der Waals surface area contributed by atoms with Crippen LogP contribution in [0.15, 0.2) is 6.20 Å². The lowest BCUT2D eigenvalue weighted by atomic mass is 10.2. The molecule has 1 aromatic heterocycles. The van der Waals surface area contributed by atoms with E-state index in [4.69, 9.17) is 11.6 Å². The van der Waals surface area contributed by atoms with Crippen molar-refractivity contribution in [3.8, 4) is 5.75 Å². The first kappa shape index (κ1) is 12.8. The summed E-state index contributed by atoms with van der Waals surface area (Å²) in [4.78, 5) is 3.78. The minimum absolute atomic E-state index is 0.161. The van der Waals surface area contributed by atoms with E-state index in [1.54, 1.807) is 29.5 Å². The summed E-state index contributed by atoms with van der Waals surface area (Å²) in [6.07, 6.45) is -3.67. The molecule has 0 aliphatic heterocycles. The smallest absolute Gasteiger partial charge is 0.403 e. The Bertz CT molecular complexity index is 370. The summed E-state index contributed by atoms with van der Waals surface area (Å²) in [6, 6.07) is 0. The van der Waals surface area contributed by atoms with Gasteiger partial charge in [-0.1, -0.05) is 0 Å². The first-order valence-electron chi connectivity index (χ1n) is 3.81. The molecule has 84 valence electrons.